The van der Waals surface area contributed by atoms with Gasteiger partial charge < -0.3 is 0 Å². The van der Waals surface area contributed by atoms with Crippen LogP contribution in [0.25, 0.3) is 0 Å². The quantitative estimate of drug-likeness (QED) is 0.659. The molecule has 0 unspecified atom stereocenters. The van der Waals surface area contributed by atoms with Crippen LogP contribution in [0.2, 0.25) is 0 Å². The molecule has 1 rings (SSSR count). The van der Waals surface area contributed by atoms with Gasteiger partial charge in [0.05, 0.1) is 6.07 Å². The predicted octanol–water partition coefficient (Wildman–Crippen LogP) is 2.90. The van der Waals surface area contributed by atoms with Gasteiger partial charge in [-0.05, 0) is 0 Å². The molecule has 1 aromatic carbocycles. The van der Waals surface area contributed by atoms with Crippen molar-refractivity contribution in [2.45, 2.75) is 6.92 Å². The summed E-state index contributed by atoms with van der Waals surface area (Å²) in [5.41, 5.74) is 0. The molecule has 0 atom stereocenters. The summed E-state index contributed by atoms with van der Waals surface area (Å²) in [7, 11) is 4.49. The van der Waals surface area contributed by atoms with Crippen molar-refractivity contribution >= 4 is 9.53 Å². The minimum Gasteiger partial charge on any atom is -0.0623 e. The van der Waals surface area contributed by atoms with Gasteiger partial charge in [0.2, 0.25) is 0 Å². The van der Waals surface area contributed by atoms with Gasteiger partial charge >= 0.3 is 27.7 Å². The monoisotopic (exact) mass is 260 g/mol. The second kappa shape index (κ2) is 16.3. The van der Waals surface area contributed by atoms with Crippen LogP contribution in [0.5, 0.6) is 0 Å². The molecule has 0 fully saturated rings. The summed E-state index contributed by atoms with van der Waals surface area (Å²) in [4.78, 5) is 0. The standard InChI is InChI=1S/C6H6.C2H3N.ClH.Pd/c1-2-4-6-5-3-1;1-2-3;;/h1-6H;1H3;1H;/q;;;+1/p-1. The van der Waals surface area contributed by atoms with Crippen LogP contribution in [0.1, 0.15) is 6.92 Å². The van der Waals surface area contributed by atoms with E-state index in [1.54, 1.807) is 6.07 Å². The first kappa shape index (κ1) is 13.3. The van der Waals surface area contributed by atoms with Crippen LogP contribution in [-0.2, 0) is 18.2 Å². The van der Waals surface area contributed by atoms with E-state index in [2.05, 4.69) is 27.7 Å². The Hall–Kier alpha value is -0.338. The van der Waals surface area contributed by atoms with Gasteiger partial charge in [0.25, 0.3) is 0 Å². The maximum atomic E-state index is 7.32. The maximum Gasteiger partial charge on any atom is -0.0623 e. The van der Waals surface area contributed by atoms with E-state index in [4.69, 9.17) is 5.26 Å². The van der Waals surface area contributed by atoms with Crippen LogP contribution in [-0.4, -0.2) is 0 Å². The van der Waals surface area contributed by atoms with Crippen molar-refractivity contribution in [3.05, 3.63) is 36.4 Å². The van der Waals surface area contributed by atoms with Gasteiger partial charge in [-0.15, -0.1) is 0 Å². The van der Waals surface area contributed by atoms with Crippen LogP contribution in [0, 0.1) is 11.3 Å². The van der Waals surface area contributed by atoms with Crippen LogP contribution in [0.15, 0.2) is 36.4 Å². The van der Waals surface area contributed by atoms with Gasteiger partial charge in [0.15, 0.2) is 0 Å². The Morgan fingerprint density at radius 3 is 1.18 bits per heavy atom. The minimum atomic E-state index is 1.43. The molecule has 11 heavy (non-hydrogen) atoms. The van der Waals surface area contributed by atoms with Crippen LogP contribution in [0.3, 0.4) is 0 Å². The van der Waals surface area contributed by atoms with Gasteiger partial charge in [0, 0.05) is 6.92 Å². The number of rotatable bonds is 0. The average Bonchev–Trinajstić information content (AvgIpc) is 2.12. The molecule has 0 aliphatic heterocycles. The first-order valence-electron chi connectivity index (χ1n) is 2.84. The molecular formula is C8H9ClNPd. The molecule has 0 aliphatic carbocycles. The number of nitrogens with zero attached hydrogens (tertiary/aromatic N) is 1. The fraction of sp³-hybridized carbons (Fsp3) is 0.125. The molecule has 63 valence electrons. The molecule has 0 spiro atoms. The molecular weight excluding hydrogens is 252 g/mol. The van der Waals surface area contributed by atoms with E-state index < -0.39 is 0 Å². The van der Waals surface area contributed by atoms with Crippen molar-refractivity contribution in [3.63, 3.8) is 0 Å². The molecule has 0 aliphatic rings. The van der Waals surface area contributed by atoms with Crippen LogP contribution in [0.4, 0.5) is 0 Å². The third-order valence-corrected chi connectivity index (χ3v) is 0.667. The molecule has 0 radical (unpaired) electrons. The third-order valence-electron chi connectivity index (χ3n) is 0.667. The summed E-state index contributed by atoms with van der Waals surface area (Å²) in [6, 6.07) is 13.8. The average molecular weight is 261 g/mol. The van der Waals surface area contributed by atoms with Gasteiger partial charge in [-0.3, -0.25) is 0 Å². The zero-order valence-corrected chi connectivity index (χ0v) is 8.42. The van der Waals surface area contributed by atoms with E-state index in [0.717, 1.165) is 0 Å². The largest absolute Gasteiger partial charge is 0.0623 e. The fourth-order valence-corrected chi connectivity index (χ4v) is 0.385. The van der Waals surface area contributed by atoms with Gasteiger partial charge in [0.1, 0.15) is 0 Å². The van der Waals surface area contributed by atoms with E-state index in [9.17, 15) is 0 Å². The van der Waals surface area contributed by atoms with Gasteiger partial charge in [-0.25, -0.2) is 0 Å². The van der Waals surface area contributed by atoms with Crippen molar-refractivity contribution in [1.29, 1.82) is 5.26 Å². The van der Waals surface area contributed by atoms with Gasteiger partial charge in [-0.1, -0.05) is 36.4 Å². The topological polar surface area (TPSA) is 23.8 Å². The van der Waals surface area contributed by atoms with Crippen molar-refractivity contribution < 1.29 is 18.2 Å². The number of benzene rings is 1. The van der Waals surface area contributed by atoms with Crippen LogP contribution >= 0.6 is 9.53 Å². The molecule has 1 aromatic rings. The fourth-order valence-electron chi connectivity index (χ4n) is 0.385. The minimum absolute atomic E-state index is 1.43. The van der Waals surface area contributed by atoms with Crippen molar-refractivity contribution in [1.82, 2.24) is 0 Å². The normalized spacial score (nSPS) is 5.73. The maximum absolute atomic E-state index is 7.32. The summed E-state index contributed by atoms with van der Waals surface area (Å²) in [5, 5.41) is 7.32. The Balaban J connectivity index is 0. The summed E-state index contributed by atoms with van der Waals surface area (Å²) >= 11 is 2.22. The molecule has 0 amide bonds. The molecule has 0 aromatic heterocycles. The number of hydrogen-bond donors (Lipinski definition) is 0. The van der Waals surface area contributed by atoms with Crippen LogP contribution < -0.4 is 0 Å². The van der Waals surface area contributed by atoms with E-state index >= 15 is 0 Å². The first-order valence-corrected chi connectivity index (χ1v) is 4.84. The summed E-state index contributed by atoms with van der Waals surface area (Å²) < 4.78 is 0. The molecule has 0 N–H and O–H groups in total. The second-order valence-corrected chi connectivity index (χ2v) is 1.38. The number of halogens is 1. The van der Waals surface area contributed by atoms with E-state index in [-0.39, 0.29) is 0 Å². The van der Waals surface area contributed by atoms with E-state index in [0.29, 0.717) is 0 Å². The SMILES string of the molecule is CC#N.[Cl][Pd].c1ccccc1. The summed E-state index contributed by atoms with van der Waals surface area (Å²) in [5.74, 6) is 0. The molecule has 3 heteroatoms. The number of hydrogen-bond acceptors (Lipinski definition) is 1. The third kappa shape index (κ3) is 17.7. The Bertz CT molecular complexity index is 144. The number of nitriles is 1. The Kier molecular flexibility index (Phi) is 19.7. The summed E-state index contributed by atoms with van der Waals surface area (Å²) in [6.07, 6.45) is 0. The van der Waals surface area contributed by atoms with Crippen molar-refractivity contribution in [2.24, 2.45) is 0 Å². The molecule has 0 heterocycles. The van der Waals surface area contributed by atoms with Gasteiger partial charge in [-0.2, -0.15) is 5.26 Å². The Labute approximate surface area is 82.4 Å². The molecule has 1 nitrogen and oxygen atoms in total. The molecule has 0 bridgehead atoms. The first-order chi connectivity index (χ1) is 5.41. The second-order valence-electron chi connectivity index (χ2n) is 1.38. The van der Waals surface area contributed by atoms with Crippen molar-refractivity contribution in [2.75, 3.05) is 0 Å². The molecule has 0 saturated carbocycles. The summed E-state index contributed by atoms with van der Waals surface area (Å²) in [6.45, 7) is 1.43. The Morgan fingerprint density at radius 2 is 1.09 bits per heavy atom. The molecule has 0 saturated heterocycles. The van der Waals surface area contributed by atoms with Crippen molar-refractivity contribution in [3.8, 4) is 6.07 Å². The predicted molar refractivity (Wildman–Crippen MR) is 43.6 cm³/mol. The van der Waals surface area contributed by atoms with E-state index in [1.807, 2.05) is 36.4 Å². The zero-order valence-electron chi connectivity index (χ0n) is 6.11. The Morgan fingerprint density at radius 1 is 1.00 bits per heavy atom. The van der Waals surface area contributed by atoms with E-state index in [1.165, 1.54) is 6.92 Å². The smallest absolute Gasteiger partial charge is 0.0623 e. The zero-order chi connectivity index (χ0) is 8.95.